The van der Waals surface area contributed by atoms with Crippen LogP contribution in [0.4, 0.5) is 22.7 Å². The number of pyridine rings is 1. The average molecular weight is 1250 g/mol. The number of sulfonamides is 1. The van der Waals surface area contributed by atoms with Gasteiger partial charge in [-0.25, -0.2) is 18.1 Å². The third-order valence-electron chi connectivity index (χ3n) is 17.0. The molecule has 89 heavy (non-hydrogen) atoms. The first-order chi connectivity index (χ1) is 43.1. The zero-order valence-electron chi connectivity index (χ0n) is 48.6. The summed E-state index contributed by atoms with van der Waals surface area (Å²) in [7, 11) is -4.63. The van der Waals surface area contributed by atoms with Crippen LogP contribution in [0.2, 0.25) is 5.02 Å². The fourth-order valence-electron chi connectivity index (χ4n) is 12.2. The zero-order chi connectivity index (χ0) is 61.8. The molecule has 4 saturated heterocycles. The van der Waals surface area contributed by atoms with Crippen LogP contribution in [0, 0.1) is 22.0 Å². The van der Waals surface area contributed by atoms with Crippen LogP contribution in [0.5, 0.6) is 17.2 Å². The Hall–Kier alpha value is -8.94. The number of nitrogens with one attached hydrogen (secondary N) is 5. The molecule has 5 aromatic carbocycles. The molecule has 5 aliphatic rings. The first-order valence-electron chi connectivity index (χ1n) is 29.8. The zero-order valence-corrected chi connectivity index (χ0v) is 50.2. The van der Waals surface area contributed by atoms with E-state index >= 15 is 0 Å². The number of likely N-dealkylation sites (tertiary alicyclic amines) is 1. The van der Waals surface area contributed by atoms with Gasteiger partial charge < -0.3 is 39.6 Å². The van der Waals surface area contributed by atoms with Crippen LogP contribution in [-0.4, -0.2) is 152 Å². The van der Waals surface area contributed by atoms with E-state index in [0.717, 1.165) is 89.8 Å². The van der Waals surface area contributed by atoms with Crippen molar-refractivity contribution in [1.82, 2.24) is 34.7 Å². The monoisotopic (exact) mass is 1250 g/mol. The molecule has 462 valence electrons. The van der Waals surface area contributed by atoms with Crippen molar-refractivity contribution in [2.75, 3.05) is 94.3 Å². The summed E-state index contributed by atoms with van der Waals surface area (Å²) in [6.45, 7) is 8.55. The third kappa shape index (κ3) is 13.6. The van der Waals surface area contributed by atoms with E-state index in [-0.39, 0.29) is 46.9 Å². The Morgan fingerprint density at radius 3 is 2.38 bits per heavy atom. The molecule has 1 unspecified atom stereocenters. The molecule has 0 aliphatic carbocycles. The normalized spacial score (nSPS) is 17.7. The van der Waals surface area contributed by atoms with Gasteiger partial charge in [-0.1, -0.05) is 41.9 Å². The number of carbonyl (C=O) groups is 5. The van der Waals surface area contributed by atoms with Gasteiger partial charge in [-0.2, -0.15) is 0 Å². The molecule has 25 heteroatoms. The number of unbranched alkanes of at least 4 members (excludes halogenated alkanes) is 1. The van der Waals surface area contributed by atoms with Gasteiger partial charge in [0.2, 0.25) is 11.8 Å². The number of anilines is 3. The van der Waals surface area contributed by atoms with Crippen molar-refractivity contribution >= 4 is 84.9 Å². The second-order valence-electron chi connectivity index (χ2n) is 23.0. The molecule has 0 radical (unpaired) electrons. The number of aromatic amines is 1. The Morgan fingerprint density at radius 2 is 1.60 bits per heavy atom. The number of imide groups is 2. The molecular formula is C64H66ClN11O12S. The molecule has 1 atom stereocenters. The molecule has 5 amide bonds. The lowest BCUT2D eigenvalue weighted by Gasteiger charge is -2.39. The van der Waals surface area contributed by atoms with Gasteiger partial charge in [-0.15, -0.1) is 0 Å². The molecule has 7 aromatic rings. The maximum Gasteiger partial charge on any atom is 0.293 e. The maximum atomic E-state index is 14.1. The van der Waals surface area contributed by atoms with E-state index in [1.54, 1.807) is 42.6 Å². The number of nitro benzene ring substituents is 1. The Labute approximate surface area is 518 Å². The summed E-state index contributed by atoms with van der Waals surface area (Å²) in [6.07, 6.45) is 6.71. The molecule has 5 N–H and O–H groups in total. The first-order valence-corrected chi connectivity index (χ1v) is 31.7. The number of nitrogens with zero attached hydrogens (tertiary/aromatic N) is 6. The molecule has 0 saturated carbocycles. The van der Waals surface area contributed by atoms with Gasteiger partial charge >= 0.3 is 0 Å². The van der Waals surface area contributed by atoms with Crippen molar-refractivity contribution in [3.05, 3.63) is 159 Å². The van der Waals surface area contributed by atoms with Crippen molar-refractivity contribution < 1.29 is 51.5 Å². The molecule has 5 aliphatic heterocycles. The van der Waals surface area contributed by atoms with Crippen LogP contribution in [-0.2, 0) is 30.9 Å². The minimum Gasteiger partial charge on any atom is -0.493 e. The second kappa shape index (κ2) is 26.4. The Morgan fingerprint density at radius 1 is 0.809 bits per heavy atom. The van der Waals surface area contributed by atoms with Crippen LogP contribution in [0.3, 0.4) is 0 Å². The van der Waals surface area contributed by atoms with Gasteiger partial charge in [0.25, 0.3) is 33.4 Å². The largest absolute Gasteiger partial charge is 0.493 e. The van der Waals surface area contributed by atoms with E-state index in [1.165, 1.54) is 24.4 Å². The van der Waals surface area contributed by atoms with Crippen LogP contribution >= 0.6 is 11.6 Å². The Kier molecular flexibility index (Phi) is 17.9. The lowest BCUT2D eigenvalue weighted by atomic mass is 9.97. The fraction of sp³-hybridized carbons (Fsp3) is 0.344. The van der Waals surface area contributed by atoms with Gasteiger partial charge in [0.1, 0.15) is 34.6 Å². The highest BCUT2D eigenvalue weighted by Gasteiger charge is 2.46. The second-order valence-corrected chi connectivity index (χ2v) is 25.1. The van der Waals surface area contributed by atoms with Crippen molar-refractivity contribution in [3.8, 4) is 28.4 Å². The van der Waals surface area contributed by atoms with Crippen LogP contribution in [0.15, 0.2) is 126 Å². The SMILES string of the molecule is O=C1CCC(N2C(=O)c3cccc(NCCCCN4CC(COc5cccc(-c6ccc(Cl)cc6)c5CN5CCN(c6ccc(C(=O)NS(=O)(=O)c7ccc(NCC8CCOCC8)c([N+](=O)[O-])c7)c(Oc7cnc8[nH]ccc8c7)c6)CC5)C4)c3C2=O)C(=O)N1. The maximum absolute atomic E-state index is 14.1. The van der Waals surface area contributed by atoms with Crippen molar-refractivity contribution in [2.45, 2.75) is 56.0 Å². The van der Waals surface area contributed by atoms with Crippen molar-refractivity contribution in [2.24, 2.45) is 11.8 Å². The summed E-state index contributed by atoms with van der Waals surface area (Å²) < 4.78 is 48.4. The Bertz CT molecular complexity index is 3980. The van der Waals surface area contributed by atoms with Crippen LogP contribution in [0.25, 0.3) is 22.2 Å². The average Bonchev–Trinajstić information content (AvgIpc) is 1.65. The number of carbonyl (C=O) groups excluding carboxylic acids is 5. The topological polar surface area (TPSA) is 280 Å². The van der Waals surface area contributed by atoms with Crippen molar-refractivity contribution in [3.63, 3.8) is 0 Å². The van der Waals surface area contributed by atoms with E-state index < -0.39 is 61.1 Å². The van der Waals surface area contributed by atoms with Gasteiger partial charge in [0.05, 0.1) is 39.3 Å². The predicted molar refractivity (Wildman–Crippen MR) is 333 cm³/mol. The summed E-state index contributed by atoms with van der Waals surface area (Å²) in [5.74, 6) is -1.39. The number of hydrogen-bond acceptors (Lipinski definition) is 18. The number of benzene rings is 5. The molecule has 23 nitrogen and oxygen atoms in total. The van der Waals surface area contributed by atoms with E-state index in [4.69, 9.17) is 25.8 Å². The van der Waals surface area contributed by atoms with Gasteiger partial charge in [0, 0.05) is 130 Å². The van der Waals surface area contributed by atoms with Gasteiger partial charge in [0.15, 0.2) is 0 Å². The van der Waals surface area contributed by atoms with E-state index in [1.807, 2.05) is 42.5 Å². The summed E-state index contributed by atoms with van der Waals surface area (Å²) >= 11 is 6.36. The van der Waals surface area contributed by atoms with Crippen LogP contribution in [0.1, 0.15) is 75.2 Å². The highest BCUT2D eigenvalue weighted by Crippen LogP contribution is 2.38. The van der Waals surface area contributed by atoms with Crippen molar-refractivity contribution in [1.29, 1.82) is 0 Å². The fourth-order valence-corrected chi connectivity index (χ4v) is 13.3. The number of ether oxygens (including phenoxy) is 3. The van der Waals surface area contributed by atoms with Gasteiger partial charge in [-0.05, 0) is 122 Å². The number of piperidine rings is 1. The standard InChI is InChI=1S/C64H66ClN11O12S/c65-44-11-9-42(10-12-44)48-5-4-8-56(87-39-41-36-73(37-41)24-2-1-22-66-53-7-3-6-50-59(53)64(81)75(63(50)80)54-17-18-58(77)70-62(54)79)51(48)38-72-25-27-74(28-26-72)45-13-15-49(57(32-45)88-46-31-43-19-23-67-60(43)69-35-46)61(78)71-89(84,85)47-14-16-52(55(33-47)76(82)83)68-34-40-20-29-86-30-21-40/h3-16,19,23,31-33,35,40-41,54,66,68H,1-2,17-18,20-22,24-30,34,36-39H2,(H,67,69)(H,71,78)(H,70,77,79). The summed E-state index contributed by atoms with van der Waals surface area (Å²) in [6, 6.07) is 30.0. The predicted octanol–water partition coefficient (Wildman–Crippen LogP) is 8.47. The molecular weight excluding hydrogens is 1180 g/mol. The van der Waals surface area contributed by atoms with E-state index in [2.05, 4.69) is 51.4 Å². The van der Waals surface area contributed by atoms with Gasteiger partial charge in [-0.3, -0.25) is 49.2 Å². The highest BCUT2D eigenvalue weighted by atomic mass is 35.5. The lowest BCUT2D eigenvalue weighted by Crippen LogP contribution is -2.54. The first kappa shape index (κ1) is 60.3. The Balaban J connectivity index is 0.671. The molecule has 12 rings (SSSR count). The summed E-state index contributed by atoms with van der Waals surface area (Å²) in [4.78, 5) is 91.8. The molecule has 0 spiro atoms. The number of piperazine rings is 1. The number of fused-ring (bicyclic) bond motifs is 2. The van der Waals surface area contributed by atoms with E-state index in [0.29, 0.717) is 93.7 Å². The van der Waals surface area contributed by atoms with Crippen LogP contribution < -0.4 is 35.0 Å². The number of rotatable bonds is 23. The minimum atomic E-state index is -4.63. The lowest BCUT2D eigenvalue weighted by molar-refractivity contribution is -0.384. The summed E-state index contributed by atoms with van der Waals surface area (Å²) in [5, 5.41) is 22.3. The smallest absolute Gasteiger partial charge is 0.293 e. The molecule has 4 fully saturated rings. The number of amides is 5. The number of aromatic nitrogens is 2. The molecule has 7 heterocycles. The quantitative estimate of drug-likeness (QED) is 0.0174. The van der Waals surface area contributed by atoms with E-state index in [9.17, 15) is 42.5 Å². The number of hydrogen-bond donors (Lipinski definition) is 5. The minimum absolute atomic E-state index is 0.0543. The number of nitro groups is 1. The molecule has 2 aromatic heterocycles. The molecule has 0 bridgehead atoms. The summed E-state index contributed by atoms with van der Waals surface area (Å²) in [5.41, 5.74) is 5.12. The number of H-pyrrole nitrogens is 1. The number of halogens is 1. The highest BCUT2D eigenvalue weighted by molar-refractivity contribution is 7.90. The third-order valence-corrected chi connectivity index (χ3v) is 18.6.